The molecule has 27 heavy (non-hydrogen) atoms. The molecular formula is C21H36IN3O2. The second-order valence-corrected chi connectivity index (χ2v) is 7.29. The molecule has 0 amide bonds. The van der Waals surface area contributed by atoms with Gasteiger partial charge in [0.25, 0.3) is 0 Å². The summed E-state index contributed by atoms with van der Waals surface area (Å²) in [5, 5.41) is 3.36. The summed E-state index contributed by atoms with van der Waals surface area (Å²) in [5.74, 6) is 1.74. The van der Waals surface area contributed by atoms with Crippen LogP contribution in [0.4, 0.5) is 0 Å². The van der Waals surface area contributed by atoms with Crippen LogP contribution < -0.4 is 5.32 Å². The molecule has 1 aliphatic carbocycles. The lowest BCUT2D eigenvalue weighted by molar-refractivity contribution is 0.0657. The van der Waals surface area contributed by atoms with E-state index in [0.29, 0.717) is 13.2 Å². The Morgan fingerprint density at radius 1 is 1.22 bits per heavy atom. The van der Waals surface area contributed by atoms with Gasteiger partial charge in [-0.25, -0.2) is 4.99 Å². The van der Waals surface area contributed by atoms with Gasteiger partial charge >= 0.3 is 0 Å². The molecule has 1 aromatic carbocycles. The molecule has 5 nitrogen and oxygen atoms in total. The molecule has 0 aromatic heterocycles. The van der Waals surface area contributed by atoms with E-state index >= 15 is 0 Å². The van der Waals surface area contributed by atoms with Crippen molar-refractivity contribution < 1.29 is 9.47 Å². The number of halogens is 1. The number of guanidine groups is 1. The number of hydrogen-bond acceptors (Lipinski definition) is 3. The zero-order valence-corrected chi connectivity index (χ0v) is 19.6. The van der Waals surface area contributed by atoms with Gasteiger partial charge in [0.15, 0.2) is 5.96 Å². The summed E-state index contributed by atoms with van der Waals surface area (Å²) in [6.45, 7) is 10.9. The van der Waals surface area contributed by atoms with Gasteiger partial charge in [0.2, 0.25) is 0 Å². The van der Waals surface area contributed by atoms with Crippen molar-refractivity contribution in [1.82, 2.24) is 10.2 Å². The molecule has 0 bridgehead atoms. The van der Waals surface area contributed by atoms with Gasteiger partial charge in [-0.2, -0.15) is 0 Å². The molecule has 1 aromatic rings. The quantitative estimate of drug-likeness (QED) is 0.221. The van der Waals surface area contributed by atoms with Gasteiger partial charge in [-0.05, 0) is 50.7 Å². The van der Waals surface area contributed by atoms with Gasteiger partial charge in [-0.15, -0.1) is 24.0 Å². The lowest BCUT2D eigenvalue weighted by atomic mass is 10.1. The van der Waals surface area contributed by atoms with E-state index in [1.807, 2.05) is 0 Å². The standard InChI is InChI=1S/C21H35N3O2.HI/c1-5-22-21(24(4)12-13-25-15-19-10-11-19)23-14-18-6-8-20(9-7-18)16-26-17(2)3;/h6-9,17,19H,5,10-16H2,1-4H3,(H,22,23);1H. The first-order chi connectivity index (χ1) is 12.6. The Kier molecular flexibility index (Phi) is 11.9. The Balaban J connectivity index is 0.00000364. The third-order valence-corrected chi connectivity index (χ3v) is 4.34. The van der Waals surface area contributed by atoms with Crippen LogP contribution in [0.5, 0.6) is 0 Å². The number of benzene rings is 1. The lowest BCUT2D eigenvalue weighted by Crippen LogP contribution is -2.40. The molecule has 0 saturated heterocycles. The smallest absolute Gasteiger partial charge is 0.194 e. The molecule has 1 aliphatic rings. The highest BCUT2D eigenvalue weighted by Crippen LogP contribution is 2.28. The van der Waals surface area contributed by atoms with E-state index in [2.05, 4.69) is 62.3 Å². The van der Waals surface area contributed by atoms with Crippen molar-refractivity contribution in [3.05, 3.63) is 35.4 Å². The summed E-state index contributed by atoms with van der Waals surface area (Å²) >= 11 is 0. The predicted octanol–water partition coefficient (Wildman–Crippen LogP) is 4.05. The fraction of sp³-hybridized carbons (Fsp3) is 0.667. The van der Waals surface area contributed by atoms with Gasteiger partial charge < -0.3 is 19.7 Å². The normalized spacial score (nSPS) is 14.2. The molecule has 0 aliphatic heterocycles. The van der Waals surface area contributed by atoms with Gasteiger partial charge in [0.05, 0.1) is 25.9 Å². The Labute approximate surface area is 181 Å². The van der Waals surface area contributed by atoms with Crippen LogP contribution in [-0.2, 0) is 22.6 Å². The fourth-order valence-electron chi connectivity index (χ4n) is 2.48. The SMILES string of the molecule is CCNC(=NCc1ccc(COC(C)C)cc1)N(C)CCOCC1CC1.I. The topological polar surface area (TPSA) is 46.1 Å². The number of rotatable bonds is 11. The minimum absolute atomic E-state index is 0. The third kappa shape index (κ3) is 10.3. The van der Waals surface area contributed by atoms with Crippen molar-refractivity contribution in [3.63, 3.8) is 0 Å². The second-order valence-electron chi connectivity index (χ2n) is 7.29. The molecule has 1 saturated carbocycles. The maximum absolute atomic E-state index is 5.74. The molecule has 0 heterocycles. The van der Waals surface area contributed by atoms with Crippen molar-refractivity contribution in [2.45, 2.75) is 52.9 Å². The molecule has 0 spiro atoms. The molecule has 1 N–H and O–H groups in total. The largest absolute Gasteiger partial charge is 0.379 e. The summed E-state index contributed by atoms with van der Waals surface area (Å²) in [6, 6.07) is 8.50. The van der Waals surface area contributed by atoms with Crippen LogP contribution in [0.2, 0.25) is 0 Å². The zero-order valence-electron chi connectivity index (χ0n) is 17.2. The minimum atomic E-state index is 0. The van der Waals surface area contributed by atoms with Gasteiger partial charge in [0, 0.05) is 26.7 Å². The predicted molar refractivity (Wildman–Crippen MR) is 123 cm³/mol. The molecule has 0 atom stereocenters. The van der Waals surface area contributed by atoms with E-state index in [9.17, 15) is 0 Å². The maximum Gasteiger partial charge on any atom is 0.194 e. The van der Waals surface area contributed by atoms with Crippen molar-refractivity contribution in [2.24, 2.45) is 10.9 Å². The summed E-state index contributed by atoms with van der Waals surface area (Å²) in [5.41, 5.74) is 2.40. The maximum atomic E-state index is 5.74. The highest BCUT2D eigenvalue weighted by Gasteiger charge is 2.21. The molecule has 2 rings (SSSR count). The highest BCUT2D eigenvalue weighted by atomic mass is 127. The second kappa shape index (κ2) is 13.3. The molecule has 154 valence electrons. The number of hydrogen-bond donors (Lipinski definition) is 1. The fourth-order valence-corrected chi connectivity index (χ4v) is 2.48. The highest BCUT2D eigenvalue weighted by molar-refractivity contribution is 14.0. The Morgan fingerprint density at radius 3 is 2.48 bits per heavy atom. The van der Waals surface area contributed by atoms with Crippen LogP contribution in [0.1, 0.15) is 44.7 Å². The first-order valence-corrected chi connectivity index (χ1v) is 9.85. The first kappa shape index (κ1) is 24.2. The molecular weight excluding hydrogens is 453 g/mol. The van der Waals surface area contributed by atoms with E-state index in [1.54, 1.807) is 0 Å². The molecule has 0 unspecified atom stereocenters. The molecule has 0 radical (unpaired) electrons. The monoisotopic (exact) mass is 489 g/mol. The Morgan fingerprint density at radius 2 is 1.89 bits per heavy atom. The summed E-state index contributed by atoms with van der Waals surface area (Å²) in [6.07, 6.45) is 2.93. The molecule has 1 fully saturated rings. The number of ether oxygens (including phenoxy) is 2. The van der Waals surface area contributed by atoms with E-state index in [0.717, 1.165) is 38.2 Å². The third-order valence-electron chi connectivity index (χ3n) is 4.34. The number of likely N-dealkylation sites (N-methyl/N-ethyl adjacent to an activating group) is 1. The number of nitrogens with zero attached hydrogens (tertiary/aromatic N) is 2. The van der Waals surface area contributed by atoms with Crippen LogP contribution in [0.25, 0.3) is 0 Å². The van der Waals surface area contributed by atoms with Gasteiger partial charge in [-0.3, -0.25) is 0 Å². The van der Waals surface area contributed by atoms with Crippen molar-refractivity contribution in [3.8, 4) is 0 Å². The molecule has 6 heteroatoms. The number of nitrogens with one attached hydrogen (secondary N) is 1. The van der Waals surface area contributed by atoms with Crippen LogP contribution in [0, 0.1) is 5.92 Å². The van der Waals surface area contributed by atoms with Crippen LogP contribution >= 0.6 is 24.0 Å². The van der Waals surface area contributed by atoms with Crippen LogP contribution in [-0.4, -0.2) is 50.3 Å². The Hall–Kier alpha value is -0.860. The van der Waals surface area contributed by atoms with Crippen molar-refractivity contribution in [2.75, 3.05) is 33.4 Å². The zero-order chi connectivity index (χ0) is 18.8. The van der Waals surface area contributed by atoms with E-state index in [1.165, 1.54) is 24.0 Å². The van der Waals surface area contributed by atoms with Gasteiger partial charge in [0.1, 0.15) is 0 Å². The van der Waals surface area contributed by atoms with E-state index in [-0.39, 0.29) is 30.1 Å². The van der Waals surface area contributed by atoms with Crippen molar-refractivity contribution in [1.29, 1.82) is 0 Å². The van der Waals surface area contributed by atoms with Gasteiger partial charge in [-0.1, -0.05) is 24.3 Å². The summed E-state index contributed by atoms with van der Waals surface area (Å²) in [7, 11) is 2.06. The number of aliphatic imine (C=N–C) groups is 1. The van der Waals surface area contributed by atoms with E-state index in [4.69, 9.17) is 14.5 Å². The van der Waals surface area contributed by atoms with Crippen molar-refractivity contribution >= 4 is 29.9 Å². The van der Waals surface area contributed by atoms with Crippen LogP contribution in [0.15, 0.2) is 29.3 Å². The Bertz CT molecular complexity index is 545. The lowest BCUT2D eigenvalue weighted by Gasteiger charge is -2.22. The van der Waals surface area contributed by atoms with Crippen LogP contribution in [0.3, 0.4) is 0 Å². The van der Waals surface area contributed by atoms with E-state index < -0.39 is 0 Å². The first-order valence-electron chi connectivity index (χ1n) is 9.85. The average molecular weight is 489 g/mol. The minimum Gasteiger partial charge on any atom is -0.379 e. The summed E-state index contributed by atoms with van der Waals surface area (Å²) < 4.78 is 11.4. The average Bonchev–Trinajstić information content (AvgIpc) is 3.45. The summed E-state index contributed by atoms with van der Waals surface area (Å²) in [4.78, 5) is 6.90.